The first-order chi connectivity index (χ1) is 9.01. The van der Waals surface area contributed by atoms with Gasteiger partial charge in [0, 0.05) is 30.6 Å². The molecule has 0 aromatic carbocycles. The van der Waals surface area contributed by atoms with Gasteiger partial charge in [0.1, 0.15) is 5.82 Å². The molecule has 0 saturated carbocycles. The van der Waals surface area contributed by atoms with Gasteiger partial charge in [0.15, 0.2) is 0 Å². The van der Waals surface area contributed by atoms with Crippen LogP contribution in [0.5, 0.6) is 0 Å². The Labute approximate surface area is 115 Å². The van der Waals surface area contributed by atoms with Crippen molar-refractivity contribution in [3.05, 3.63) is 46.9 Å². The van der Waals surface area contributed by atoms with Gasteiger partial charge in [0.2, 0.25) is 0 Å². The molecule has 19 heavy (non-hydrogen) atoms. The lowest BCUT2D eigenvalue weighted by molar-refractivity contribution is 0.118. The average Bonchev–Trinajstić information content (AvgIpc) is 2.68. The van der Waals surface area contributed by atoms with Crippen LogP contribution in [0.1, 0.15) is 29.6 Å². The minimum absolute atomic E-state index is 0.189. The molecule has 3 nitrogen and oxygen atoms in total. The van der Waals surface area contributed by atoms with Gasteiger partial charge in [0.05, 0.1) is 6.10 Å². The van der Waals surface area contributed by atoms with Crippen LogP contribution in [-0.2, 0) is 11.2 Å². The van der Waals surface area contributed by atoms with Crippen molar-refractivity contribution in [3.8, 4) is 5.82 Å². The Morgan fingerprint density at radius 1 is 1.16 bits per heavy atom. The largest absolute Gasteiger partial charge is 0.381 e. The molecule has 2 heterocycles. The summed E-state index contributed by atoms with van der Waals surface area (Å²) in [7, 11) is 1.74. The maximum atomic E-state index is 5.33. The van der Waals surface area contributed by atoms with Crippen molar-refractivity contribution in [2.45, 2.75) is 40.2 Å². The van der Waals surface area contributed by atoms with E-state index in [0.717, 1.165) is 17.9 Å². The monoisotopic (exact) mass is 258 g/mol. The number of nitrogens with zero attached hydrogens (tertiary/aromatic N) is 2. The summed E-state index contributed by atoms with van der Waals surface area (Å²) in [6.45, 7) is 8.39. The zero-order valence-corrected chi connectivity index (χ0v) is 12.4. The van der Waals surface area contributed by atoms with Gasteiger partial charge in [-0.25, -0.2) is 4.98 Å². The van der Waals surface area contributed by atoms with Crippen LogP contribution in [0.15, 0.2) is 24.3 Å². The Morgan fingerprint density at radius 3 is 2.37 bits per heavy atom. The lowest BCUT2D eigenvalue weighted by Gasteiger charge is -2.13. The van der Waals surface area contributed by atoms with Crippen molar-refractivity contribution >= 4 is 0 Å². The molecule has 0 bridgehead atoms. The molecule has 3 heteroatoms. The summed E-state index contributed by atoms with van der Waals surface area (Å²) in [6, 6.07) is 8.50. The molecule has 102 valence electrons. The molecule has 1 unspecified atom stereocenters. The zero-order chi connectivity index (χ0) is 14.0. The second-order valence-corrected chi connectivity index (χ2v) is 5.20. The number of ether oxygens (including phenoxy) is 1. The number of aryl methyl sites for hydroxylation is 3. The lowest BCUT2D eigenvalue weighted by atomic mass is 10.1. The summed E-state index contributed by atoms with van der Waals surface area (Å²) in [5.41, 5.74) is 4.73. The maximum Gasteiger partial charge on any atom is 0.137 e. The zero-order valence-electron chi connectivity index (χ0n) is 12.4. The highest BCUT2D eigenvalue weighted by atomic mass is 16.5. The predicted octanol–water partition coefficient (Wildman–Crippen LogP) is 3.37. The van der Waals surface area contributed by atoms with E-state index in [1.807, 2.05) is 0 Å². The van der Waals surface area contributed by atoms with Crippen LogP contribution in [-0.4, -0.2) is 22.8 Å². The maximum absolute atomic E-state index is 5.33. The van der Waals surface area contributed by atoms with Crippen LogP contribution >= 0.6 is 0 Å². The highest BCUT2D eigenvalue weighted by Crippen LogP contribution is 2.17. The standard InChI is InChI=1S/C16H22N2O/c1-11-8-15(10-14(4)19-5)17-16(9-11)18-12(2)6-7-13(18)3/h6-9,14H,10H2,1-5H3. The Bertz CT molecular complexity index is 553. The molecule has 2 aromatic rings. The van der Waals surface area contributed by atoms with Gasteiger partial charge in [0.25, 0.3) is 0 Å². The molecule has 1 atom stereocenters. The topological polar surface area (TPSA) is 27.1 Å². The third-order valence-corrected chi connectivity index (χ3v) is 3.41. The number of rotatable bonds is 4. The molecule has 0 radical (unpaired) electrons. The Morgan fingerprint density at radius 2 is 1.79 bits per heavy atom. The van der Waals surface area contributed by atoms with Gasteiger partial charge < -0.3 is 9.30 Å². The summed E-state index contributed by atoms with van der Waals surface area (Å²) in [4.78, 5) is 4.77. The van der Waals surface area contributed by atoms with Gasteiger partial charge in [-0.3, -0.25) is 0 Å². The van der Waals surface area contributed by atoms with Crippen molar-refractivity contribution in [2.24, 2.45) is 0 Å². The van der Waals surface area contributed by atoms with E-state index in [0.29, 0.717) is 0 Å². The molecule has 0 saturated heterocycles. The van der Waals surface area contributed by atoms with E-state index in [1.165, 1.54) is 17.0 Å². The van der Waals surface area contributed by atoms with Crippen molar-refractivity contribution in [1.29, 1.82) is 0 Å². The molecule has 0 fully saturated rings. The van der Waals surface area contributed by atoms with Crippen molar-refractivity contribution < 1.29 is 4.74 Å². The van der Waals surface area contributed by atoms with Gasteiger partial charge in [-0.2, -0.15) is 0 Å². The van der Waals surface area contributed by atoms with Crippen molar-refractivity contribution in [1.82, 2.24) is 9.55 Å². The SMILES string of the molecule is COC(C)Cc1cc(C)cc(-n2c(C)ccc2C)n1. The van der Waals surface area contributed by atoms with Gasteiger partial charge in [-0.15, -0.1) is 0 Å². The Hall–Kier alpha value is -1.61. The Balaban J connectivity index is 2.42. The first kappa shape index (κ1) is 13.8. The number of aromatic nitrogens is 2. The molecule has 0 amide bonds. The molecule has 2 rings (SSSR count). The van der Waals surface area contributed by atoms with E-state index in [9.17, 15) is 0 Å². The van der Waals surface area contributed by atoms with Crippen LogP contribution < -0.4 is 0 Å². The minimum atomic E-state index is 0.189. The summed E-state index contributed by atoms with van der Waals surface area (Å²) < 4.78 is 7.51. The molecule has 0 N–H and O–H groups in total. The highest BCUT2D eigenvalue weighted by Gasteiger charge is 2.09. The third kappa shape index (κ3) is 3.04. The predicted molar refractivity (Wildman–Crippen MR) is 78.0 cm³/mol. The molecule has 0 aliphatic heterocycles. The molecule has 0 aliphatic carbocycles. The fourth-order valence-electron chi connectivity index (χ4n) is 2.35. The second kappa shape index (κ2) is 5.57. The third-order valence-electron chi connectivity index (χ3n) is 3.41. The first-order valence-electron chi connectivity index (χ1n) is 6.67. The number of hydrogen-bond acceptors (Lipinski definition) is 2. The summed E-state index contributed by atoms with van der Waals surface area (Å²) >= 11 is 0. The van der Waals surface area contributed by atoms with E-state index in [-0.39, 0.29) is 6.10 Å². The number of methoxy groups -OCH3 is 1. The van der Waals surface area contributed by atoms with Gasteiger partial charge in [-0.05, 0) is 57.5 Å². The molecule has 0 aliphatic rings. The molecular weight excluding hydrogens is 236 g/mol. The lowest BCUT2D eigenvalue weighted by Crippen LogP contribution is -2.12. The average molecular weight is 258 g/mol. The van der Waals surface area contributed by atoms with E-state index in [4.69, 9.17) is 9.72 Å². The van der Waals surface area contributed by atoms with E-state index >= 15 is 0 Å². The minimum Gasteiger partial charge on any atom is -0.381 e. The first-order valence-corrected chi connectivity index (χ1v) is 6.67. The van der Waals surface area contributed by atoms with Crippen molar-refractivity contribution in [2.75, 3.05) is 7.11 Å². The van der Waals surface area contributed by atoms with Gasteiger partial charge >= 0.3 is 0 Å². The van der Waals surface area contributed by atoms with Gasteiger partial charge in [-0.1, -0.05) is 0 Å². The van der Waals surface area contributed by atoms with Crippen molar-refractivity contribution in [3.63, 3.8) is 0 Å². The smallest absolute Gasteiger partial charge is 0.137 e. The van der Waals surface area contributed by atoms with E-state index in [1.54, 1.807) is 7.11 Å². The molecule has 2 aromatic heterocycles. The van der Waals surface area contributed by atoms with Crippen LogP contribution in [0.4, 0.5) is 0 Å². The number of pyridine rings is 1. The van der Waals surface area contributed by atoms with E-state index < -0.39 is 0 Å². The van der Waals surface area contributed by atoms with Crippen LogP contribution in [0.25, 0.3) is 5.82 Å². The van der Waals surface area contributed by atoms with Crippen LogP contribution in [0, 0.1) is 20.8 Å². The fourth-order valence-corrected chi connectivity index (χ4v) is 2.35. The summed E-state index contributed by atoms with van der Waals surface area (Å²) in [6.07, 6.45) is 1.03. The van der Waals surface area contributed by atoms with Crippen LogP contribution in [0.2, 0.25) is 0 Å². The molecule has 0 spiro atoms. The van der Waals surface area contributed by atoms with E-state index in [2.05, 4.69) is 56.5 Å². The van der Waals surface area contributed by atoms with Crippen LogP contribution in [0.3, 0.4) is 0 Å². The second-order valence-electron chi connectivity index (χ2n) is 5.20. The number of hydrogen-bond donors (Lipinski definition) is 0. The highest BCUT2D eigenvalue weighted by molar-refractivity contribution is 5.35. The summed E-state index contributed by atoms with van der Waals surface area (Å²) in [5, 5.41) is 0. The quantitative estimate of drug-likeness (QED) is 0.840. The fraction of sp³-hybridized carbons (Fsp3) is 0.438. The summed E-state index contributed by atoms with van der Waals surface area (Å²) in [5.74, 6) is 0.998. The molecular formula is C16H22N2O. The normalized spacial score (nSPS) is 12.7. The Kier molecular flexibility index (Phi) is 4.05.